The van der Waals surface area contributed by atoms with E-state index in [1.807, 2.05) is 56.5 Å². The summed E-state index contributed by atoms with van der Waals surface area (Å²) in [6.07, 6.45) is 4.49. The number of non-ortho nitro benzene ring substituents is 1. The van der Waals surface area contributed by atoms with Crippen LogP contribution in [0.1, 0.15) is 29.4 Å². The third kappa shape index (κ3) is 5.62. The van der Waals surface area contributed by atoms with Gasteiger partial charge in [0.1, 0.15) is 0 Å². The number of nitro groups is 1. The van der Waals surface area contributed by atoms with Gasteiger partial charge in [-0.05, 0) is 80.6 Å². The van der Waals surface area contributed by atoms with E-state index in [-0.39, 0.29) is 11.6 Å². The van der Waals surface area contributed by atoms with E-state index in [1.165, 1.54) is 12.1 Å². The number of aryl methyl sites for hydroxylation is 1. The van der Waals surface area contributed by atoms with E-state index >= 15 is 0 Å². The molecule has 5 rings (SSSR count). The molecule has 0 fully saturated rings. The highest BCUT2D eigenvalue weighted by Crippen LogP contribution is 2.30. The summed E-state index contributed by atoms with van der Waals surface area (Å²) in [5.74, 6) is -0.238. The lowest BCUT2D eigenvalue weighted by molar-refractivity contribution is -0.384. The van der Waals surface area contributed by atoms with E-state index in [0.29, 0.717) is 34.3 Å². The van der Waals surface area contributed by atoms with E-state index in [4.69, 9.17) is 0 Å². The molecule has 0 atom stereocenters. The SMILES string of the molecule is CC1=CC(=Nc2ccc(NC(=O)c3ccc(Nc4cc(C)nc5ccc([N+](=O)[O-])cc45)cc3)cc2)CC=N1. The number of nitrogens with zero attached hydrogens (tertiary/aromatic N) is 4. The van der Waals surface area contributed by atoms with Crippen LogP contribution in [0, 0.1) is 17.0 Å². The van der Waals surface area contributed by atoms with Crippen LogP contribution >= 0.6 is 0 Å². The number of carbonyl (C=O) groups excluding carboxylic acids is 1. The lowest BCUT2D eigenvalue weighted by atomic mass is 10.1. The first-order valence-corrected chi connectivity index (χ1v) is 12.0. The fraction of sp³-hybridized carbons (Fsp3) is 0.103. The number of allylic oxidation sites excluding steroid dienone is 2. The van der Waals surface area contributed by atoms with Crippen LogP contribution in [-0.4, -0.2) is 27.7 Å². The number of pyridine rings is 1. The van der Waals surface area contributed by atoms with Gasteiger partial charge in [-0.2, -0.15) is 0 Å². The predicted molar refractivity (Wildman–Crippen MR) is 151 cm³/mol. The van der Waals surface area contributed by atoms with Crippen molar-refractivity contribution in [2.24, 2.45) is 9.98 Å². The van der Waals surface area contributed by atoms with E-state index in [1.54, 1.807) is 30.3 Å². The minimum atomic E-state index is -0.429. The summed E-state index contributed by atoms with van der Waals surface area (Å²) < 4.78 is 0. The first-order valence-electron chi connectivity index (χ1n) is 12.0. The highest BCUT2D eigenvalue weighted by molar-refractivity contribution is 6.07. The Balaban J connectivity index is 1.28. The molecule has 38 heavy (non-hydrogen) atoms. The van der Waals surface area contributed by atoms with Crippen molar-refractivity contribution < 1.29 is 9.72 Å². The van der Waals surface area contributed by atoms with Gasteiger partial charge in [-0.3, -0.25) is 29.9 Å². The number of fused-ring (bicyclic) bond motifs is 1. The van der Waals surface area contributed by atoms with Crippen LogP contribution < -0.4 is 10.6 Å². The van der Waals surface area contributed by atoms with E-state index < -0.39 is 4.92 Å². The number of anilines is 3. The van der Waals surface area contributed by atoms with Gasteiger partial charge in [-0.25, -0.2) is 0 Å². The van der Waals surface area contributed by atoms with Gasteiger partial charge in [0, 0.05) is 69.9 Å². The van der Waals surface area contributed by atoms with Crippen LogP contribution in [0.15, 0.2) is 94.6 Å². The van der Waals surface area contributed by atoms with Gasteiger partial charge < -0.3 is 10.6 Å². The molecule has 0 saturated carbocycles. The first kappa shape index (κ1) is 24.5. The van der Waals surface area contributed by atoms with Crippen LogP contribution in [0.3, 0.4) is 0 Å². The fourth-order valence-electron chi connectivity index (χ4n) is 4.11. The first-order chi connectivity index (χ1) is 18.3. The second-order valence-corrected chi connectivity index (χ2v) is 8.88. The van der Waals surface area contributed by atoms with E-state index in [2.05, 4.69) is 25.6 Å². The molecular formula is C29H24N6O3. The topological polar surface area (TPSA) is 122 Å². The third-order valence-corrected chi connectivity index (χ3v) is 5.93. The molecule has 0 radical (unpaired) electrons. The number of benzene rings is 3. The second-order valence-electron chi connectivity index (χ2n) is 8.88. The van der Waals surface area contributed by atoms with E-state index in [9.17, 15) is 14.9 Å². The molecule has 0 aliphatic carbocycles. The molecule has 0 saturated heterocycles. The summed E-state index contributed by atoms with van der Waals surface area (Å²) in [4.78, 5) is 36.9. The lowest BCUT2D eigenvalue weighted by Crippen LogP contribution is -2.11. The zero-order chi connectivity index (χ0) is 26.6. The zero-order valence-corrected chi connectivity index (χ0v) is 20.8. The number of rotatable bonds is 6. The Bertz CT molecular complexity index is 1640. The highest BCUT2D eigenvalue weighted by atomic mass is 16.6. The molecule has 188 valence electrons. The molecule has 2 heterocycles. The molecule has 0 spiro atoms. The molecule has 0 unspecified atom stereocenters. The second kappa shape index (κ2) is 10.4. The van der Waals surface area contributed by atoms with Gasteiger partial charge in [0.05, 0.1) is 16.1 Å². The van der Waals surface area contributed by atoms with Crippen molar-refractivity contribution in [1.29, 1.82) is 0 Å². The molecule has 9 heteroatoms. The molecule has 9 nitrogen and oxygen atoms in total. The quantitative estimate of drug-likeness (QED) is 0.218. The summed E-state index contributed by atoms with van der Waals surface area (Å²) in [6.45, 7) is 3.80. The van der Waals surface area contributed by atoms with Crippen molar-refractivity contribution in [3.8, 4) is 0 Å². The van der Waals surface area contributed by atoms with Crippen molar-refractivity contribution in [2.75, 3.05) is 10.6 Å². The highest BCUT2D eigenvalue weighted by Gasteiger charge is 2.12. The van der Waals surface area contributed by atoms with Crippen molar-refractivity contribution in [3.63, 3.8) is 0 Å². The van der Waals surface area contributed by atoms with Crippen molar-refractivity contribution in [2.45, 2.75) is 20.3 Å². The van der Waals surface area contributed by atoms with Gasteiger partial charge >= 0.3 is 0 Å². The van der Waals surface area contributed by atoms with Gasteiger partial charge in [-0.15, -0.1) is 0 Å². The minimum absolute atomic E-state index is 0.00550. The molecule has 1 aliphatic rings. The summed E-state index contributed by atoms with van der Waals surface area (Å²) in [6, 6.07) is 20.8. The molecule has 2 N–H and O–H groups in total. The summed E-state index contributed by atoms with van der Waals surface area (Å²) >= 11 is 0. The number of nitro benzene ring substituents is 1. The summed E-state index contributed by atoms with van der Waals surface area (Å²) in [5, 5.41) is 18.1. The Morgan fingerprint density at radius 2 is 1.71 bits per heavy atom. The van der Waals surface area contributed by atoms with Crippen LogP contribution in [0.4, 0.5) is 28.4 Å². The predicted octanol–water partition coefficient (Wildman–Crippen LogP) is 6.90. The Labute approximate surface area is 218 Å². The van der Waals surface area contributed by atoms with Crippen molar-refractivity contribution >= 4 is 57.2 Å². The summed E-state index contributed by atoms with van der Waals surface area (Å²) in [5.41, 5.74) is 6.69. The van der Waals surface area contributed by atoms with Gasteiger partial charge in [0.25, 0.3) is 11.6 Å². The lowest BCUT2D eigenvalue weighted by Gasteiger charge is -2.12. The van der Waals surface area contributed by atoms with Crippen LogP contribution in [0.2, 0.25) is 0 Å². The third-order valence-electron chi connectivity index (χ3n) is 5.93. The summed E-state index contributed by atoms with van der Waals surface area (Å²) in [7, 11) is 0. The fourth-order valence-corrected chi connectivity index (χ4v) is 4.11. The van der Waals surface area contributed by atoms with Gasteiger partial charge in [-0.1, -0.05) is 0 Å². The molecule has 4 aromatic rings. The smallest absolute Gasteiger partial charge is 0.270 e. The van der Waals surface area contributed by atoms with Crippen molar-refractivity contribution in [1.82, 2.24) is 4.98 Å². The number of aliphatic imine (C=N–C) groups is 2. The monoisotopic (exact) mass is 504 g/mol. The number of hydrogen-bond donors (Lipinski definition) is 2. The maximum Gasteiger partial charge on any atom is 0.270 e. The Morgan fingerprint density at radius 3 is 2.42 bits per heavy atom. The largest absolute Gasteiger partial charge is 0.355 e. The normalized spacial score (nSPS) is 13.8. The molecule has 1 aliphatic heterocycles. The van der Waals surface area contributed by atoms with Crippen molar-refractivity contribution in [3.05, 3.63) is 106 Å². The Kier molecular flexibility index (Phi) is 6.73. The molecule has 1 aromatic heterocycles. The number of amides is 1. The molecule has 0 bridgehead atoms. The van der Waals surface area contributed by atoms with Gasteiger partial charge in [0.2, 0.25) is 0 Å². The number of aromatic nitrogens is 1. The average Bonchev–Trinajstić information content (AvgIpc) is 2.90. The number of carbonyl (C=O) groups is 1. The molecule has 1 amide bonds. The Morgan fingerprint density at radius 1 is 0.974 bits per heavy atom. The number of nitrogens with one attached hydrogen (secondary N) is 2. The molecular weight excluding hydrogens is 480 g/mol. The Hall–Kier alpha value is -5.18. The average molecular weight is 505 g/mol. The standard InChI is InChI=1S/C29H24N6O3/c1-18-15-24(13-14-30-18)32-21-7-9-23(10-8-21)34-29(36)20-3-5-22(6-4-20)33-28-16-19(2)31-27-12-11-25(35(37)38)17-26(27)28/h3-12,14-17H,13H2,1-2H3,(H,31,33)(H,34,36). The van der Waals surface area contributed by atoms with Crippen LogP contribution in [0.5, 0.6) is 0 Å². The maximum atomic E-state index is 12.8. The molecule has 3 aromatic carbocycles. The van der Waals surface area contributed by atoms with Crippen LogP contribution in [0.25, 0.3) is 10.9 Å². The zero-order valence-electron chi connectivity index (χ0n) is 20.8. The van der Waals surface area contributed by atoms with Gasteiger partial charge in [0.15, 0.2) is 0 Å². The maximum absolute atomic E-state index is 12.8. The van der Waals surface area contributed by atoms with E-state index in [0.717, 1.165) is 28.5 Å². The number of hydrogen-bond acceptors (Lipinski definition) is 7. The minimum Gasteiger partial charge on any atom is -0.355 e. The van der Waals surface area contributed by atoms with Crippen LogP contribution in [-0.2, 0) is 0 Å².